The Morgan fingerprint density at radius 1 is 1.15 bits per heavy atom. The zero-order valence-electron chi connectivity index (χ0n) is 12.0. The summed E-state index contributed by atoms with van der Waals surface area (Å²) in [7, 11) is 1.68. The summed E-state index contributed by atoms with van der Waals surface area (Å²) in [5.41, 5.74) is 2.23. The molecule has 0 aliphatic heterocycles. The van der Waals surface area contributed by atoms with E-state index < -0.39 is 0 Å². The average Bonchev–Trinajstić information content (AvgIpc) is 2.92. The molecule has 0 fully saturated rings. The maximum absolute atomic E-state index is 5.73. The van der Waals surface area contributed by atoms with E-state index in [2.05, 4.69) is 12.2 Å². The summed E-state index contributed by atoms with van der Waals surface area (Å²) in [6.45, 7) is 4.87. The van der Waals surface area contributed by atoms with E-state index in [1.807, 2.05) is 30.3 Å². The molecule has 0 saturated heterocycles. The highest BCUT2D eigenvalue weighted by Gasteiger charge is 2.03. The van der Waals surface area contributed by atoms with E-state index in [-0.39, 0.29) is 0 Å². The van der Waals surface area contributed by atoms with Crippen LogP contribution in [0.25, 0.3) is 0 Å². The van der Waals surface area contributed by atoms with Crippen LogP contribution in [-0.2, 0) is 24.5 Å². The van der Waals surface area contributed by atoms with Gasteiger partial charge in [-0.1, -0.05) is 19.1 Å². The maximum Gasteiger partial charge on any atom is 0.146 e. The van der Waals surface area contributed by atoms with E-state index >= 15 is 0 Å². The normalized spacial score (nSPS) is 10.7. The van der Waals surface area contributed by atoms with Crippen LogP contribution in [0, 0.1) is 0 Å². The topological polar surface area (TPSA) is 43.6 Å². The predicted octanol–water partition coefficient (Wildman–Crippen LogP) is 3.11. The highest BCUT2D eigenvalue weighted by Crippen LogP contribution is 2.16. The summed E-state index contributed by atoms with van der Waals surface area (Å²) in [4.78, 5) is 0. The van der Waals surface area contributed by atoms with Gasteiger partial charge in [0.25, 0.3) is 0 Å². The molecule has 0 bridgehead atoms. The molecule has 108 valence electrons. The number of furan rings is 1. The molecule has 1 aromatic carbocycles. The lowest BCUT2D eigenvalue weighted by atomic mass is 10.2. The number of ether oxygens (including phenoxy) is 2. The van der Waals surface area contributed by atoms with Gasteiger partial charge in [0.05, 0.1) is 12.9 Å². The molecule has 20 heavy (non-hydrogen) atoms. The molecule has 1 heterocycles. The van der Waals surface area contributed by atoms with Gasteiger partial charge >= 0.3 is 0 Å². The lowest BCUT2D eigenvalue weighted by Crippen LogP contribution is -2.10. The van der Waals surface area contributed by atoms with E-state index in [1.54, 1.807) is 13.4 Å². The van der Waals surface area contributed by atoms with Crippen LogP contribution in [0.2, 0.25) is 0 Å². The van der Waals surface area contributed by atoms with Gasteiger partial charge in [-0.2, -0.15) is 0 Å². The van der Waals surface area contributed by atoms with Gasteiger partial charge in [-0.05, 0) is 30.3 Å². The fraction of sp³-hybridized carbons (Fsp3) is 0.375. The maximum atomic E-state index is 5.73. The first-order valence-corrected chi connectivity index (χ1v) is 6.79. The number of nitrogens with one attached hydrogen (secondary N) is 1. The number of benzene rings is 1. The zero-order valence-corrected chi connectivity index (χ0v) is 12.0. The fourth-order valence-corrected chi connectivity index (χ4v) is 1.91. The van der Waals surface area contributed by atoms with Crippen molar-refractivity contribution in [3.63, 3.8) is 0 Å². The first-order chi connectivity index (χ1) is 9.81. The Balaban J connectivity index is 1.88. The number of hydrogen-bond acceptors (Lipinski definition) is 4. The molecule has 0 radical (unpaired) electrons. The van der Waals surface area contributed by atoms with Gasteiger partial charge in [0, 0.05) is 19.2 Å². The molecular formula is C16H21NO3. The Labute approximate surface area is 119 Å². The van der Waals surface area contributed by atoms with Gasteiger partial charge < -0.3 is 19.2 Å². The van der Waals surface area contributed by atoms with Crippen molar-refractivity contribution in [3.05, 3.63) is 53.5 Å². The third-order valence-corrected chi connectivity index (χ3v) is 2.88. The lowest BCUT2D eigenvalue weighted by molar-refractivity contribution is 0.184. The number of hydrogen-bond donors (Lipinski definition) is 1. The molecule has 0 aliphatic carbocycles. The van der Waals surface area contributed by atoms with E-state index in [1.165, 1.54) is 0 Å². The summed E-state index contributed by atoms with van der Waals surface area (Å²) < 4.78 is 16.3. The Morgan fingerprint density at radius 3 is 2.85 bits per heavy atom. The second-order valence-corrected chi connectivity index (χ2v) is 4.57. The van der Waals surface area contributed by atoms with Crippen LogP contribution in [0.1, 0.15) is 23.8 Å². The van der Waals surface area contributed by atoms with Crippen LogP contribution in [0.5, 0.6) is 5.75 Å². The lowest BCUT2D eigenvalue weighted by Gasteiger charge is -2.06. The molecule has 0 spiro atoms. The van der Waals surface area contributed by atoms with Crippen molar-refractivity contribution in [2.75, 3.05) is 13.7 Å². The Morgan fingerprint density at radius 2 is 2.05 bits per heavy atom. The quantitative estimate of drug-likeness (QED) is 0.804. The standard InChI is InChI=1S/C16H21NO3/c1-3-17-9-14-8-16(19-11-14)12-20-15-6-4-5-13(7-15)10-18-2/h4-8,11,17H,3,9-10,12H2,1-2H3. The minimum Gasteiger partial charge on any atom is -0.486 e. The van der Waals surface area contributed by atoms with Crippen LogP contribution < -0.4 is 10.1 Å². The van der Waals surface area contributed by atoms with Crippen LogP contribution in [0.4, 0.5) is 0 Å². The van der Waals surface area contributed by atoms with Gasteiger partial charge in [0.2, 0.25) is 0 Å². The third kappa shape index (κ3) is 4.40. The van der Waals surface area contributed by atoms with Gasteiger partial charge in [-0.3, -0.25) is 0 Å². The molecule has 0 amide bonds. The van der Waals surface area contributed by atoms with Crippen LogP contribution in [0.15, 0.2) is 41.0 Å². The summed E-state index contributed by atoms with van der Waals surface area (Å²) in [6, 6.07) is 9.90. The highest BCUT2D eigenvalue weighted by molar-refractivity contribution is 5.28. The Kier molecular flexibility index (Phi) is 5.65. The second kappa shape index (κ2) is 7.72. The predicted molar refractivity (Wildman–Crippen MR) is 77.6 cm³/mol. The Hall–Kier alpha value is -1.78. The third-order valence-electron chi connectivity index (χ3n) is 2.88. The van der Waals surface area contributed by atoms with Crippen molar-refractivity contribution in [2.45, 2.75) is 26.7 Å². The monoisotopic (exact) mass is 275 g/mol. The summed E-state index contributed by atoms with van der Waals surface area (Å²) in [6.07, 6.45) is 1.77. The summed E-state index contributed by atoms with van der Waals surface area (Å²) in [5.74, 6) is 1.65. The zero-order chi connectivity index (χ0) is 14.2. The van der Waals surface area contributed by atoms with E-state index in [9.17, 15) is 0 Å². The molecule has 1 N–H and O–H groups in total. The van der Waals surface area contributed by atoms with Gasteiger partial charge in [-0.25, -0.2) is 0 Å². The van der Waals surface area contributed by atoms with Crippen molar-refractivity contribution < 1.29 is 13.9 Å². The van der Waals surface area contributed by atoms with E-state index in [0.717, 1.165) is 35.7 Å². The van der Waals surface area contributed by atoms with Crippen molar-refractivity contribution >= 4 is 0 Å². The Bertz CT molecular complexity index is 522. The number of methoxy groups -OCH3 is 1. The largest absolute Gasteiger partial charge is 0.486 e. The first kappa shape index (κ1) is 14.6. The van der Waals surface area contributed by atoms with Gasteiger partial charge in [0.1, 0.15) is 18.1 Å². The van der Waals surface area contributed by atoms with Gasteiger partial charge in [-0.15, -0.1) is 0 Å². The summed E-state index contributed by atoms with van der Waals surface area (Å²) in [5, 5.41) is 3.26. The summed E-state index contributed by atoms with van der Waals surface area (Å²) >= 11 is 0. The molecule has 0 aliphatic rings. The first-order valence-electron chi connectivity index (χ1n) is 6.79. The minimum absolute atomic E-state index is 0.433. The molecule has 2 rings (SSSR count). The van der Waals surface area contributed by atoms with Crippen LogP contribution >= 0.6 is 0 Å². The van der Waals surface area contributed by atoms with Crippen molar-refractivity contribution in [3.8, 4) is 5.75 Å². The fourth-order valence-electron chi connectivity index (χ4n) is 1.91. The molecule has 1 aromatic heterocycles. The smallest absolute Gasteiger partial charge is 0.146 e. The molecular weight excluding hydrogens is 254 g/mol. The van der Waals surface area contributed by atoms with E-state index in [0.29, 0.717) is 13.2 Å². The molecule has 4 heteroatoms. The minimum atomic E-state index is 0.433. The molecule has 4 nitrogen and oxygen atoms in total. The van der Waals surface area contributed by atoms with Crippen LogP contribution in [-0.4, -0.2) is 13.7 Å². The van der Waals surface area contributed by atoms with Crippen molar-refractivity contribution in [1.82, 2.24) is 5.32 Å². The SMILES string of the molecule is CCNCc1coc(COc2cccc(COC)c2)c1. The molecule has 0 unspecified atom stereocenters. The average molecular weight is 275 g/mol. The highest BCUT2D eigenvalue weighted by atomic mass is 16.5. The van der Waals surface area contributed by atoms with E-state index in [4.69, 9.17) is 13.9 Å². The van der Waals surface area contributed by atoms with Crippen molar-refractivity contribution in [2.24, 2.45) is 0 Å². The molecule has 2 aromatic rings. The molecule has 0 saturated carbocycles. The van der Waals surface area contributed by atoms with Crippen molar-refractivity contribution in [1.29, 1.82) is 0 Å². The van der Waals surface area contributed by atoms with Gasteiger partial charge in [0.15, 0.2) is 0 Å². The van der Waals surface area contributed by atoms with Crippen LogP contribution in [0.3, 0.4) is 0 Å². The molecule has 0 atom stereocenters. The number of rotatable bonds is 8. The second-order valence-electron chi connectivity index (χ2n) is 4.57.